The average Bonchev–Trinajstić information content (AvgIpc) is 2.80. The highest BCUT2D eigenvalue weighted by Gasteiger charge is 2.35. The molecule has 0 radical (unpaired) electrons. The van der Waals surface area contributed by atoms with Crippen LogP contribution in [-0.2, 0) is 16.6 Å². The third kappa shape index (κ3) is 4.45. The van der Waals surface area contributed by atoms with Gasteiger partial charge in [0.1, 0.15) is 10.6 Å². The molecule has 3 aromatic carbocycles. The maximum Gasteiger partial charge on any atom is 0.268 e. The molecule has 176 valence electrons. The molecule has 33 heavy (non-hydrogen) atoms. The Labute approximate surface area is 187 Å². The molecule has 0 saturated heterocycles. The molecule has 3 aromatic rings. The van der Waals surface area contributed by atoms with Crippen LogP contribution in [0, 0.1) is 36.0 Å². The molecule has 0 aliphatic heterocycles. The number of anilines is 1. The van der Waals surface area contributed by atoms with E-state index in [-0.39, 0.29) is 11.4 Å². The fourth-order valence-corrected chi connectivity index (χ4v) is 4.88. The third-order valence-electron chi connectivity index (χ3n) is 4.90. The second kappa shape index (κ2) is 9.26. The number of hydrogen-bond donors (Lipinski definition) is 0. The number of rotatable bonds is 7. The number of methoxy groups -OCH3 is 2. The van der Waals surface area contributed by atoms with E-state index in [2.05, 4.69) is 0 Å². The van der Waals surface area contributed by atoms with E-state index in [0.29, 0.717) is 15.6 Å². The zero-order valence-corrected chi connectivity index (χ0v) is 18.4. The number of halogens is 5. The highest BCUT2D eigenvalue weighted by Crippen LogP contribution is 2.34. The summed E-state index contributed by atoms with van der Waals surface area (Å²) in [7, 11) is -2.43. The zero-order valence-electron chi connectivity index (χ0n) is 17.6. The molecule has 0 fully saturated rings. The lowest BCUT2D eigenvalue weighted by molar-refractivity contribution is 0.386. The van der Waals surface area contributed by atoms with Crippen LogP contribution in [0.15, 0.2) is 47.4 Å². The van der Waals surface area contributed by atoms with Gasteiger partial charge in [-0.05, 0) is 36.8 Å². The zero-order chi connectivity index (χ0) is 24.5. The molecule has 5 nitrogen and oxygen atoms in total. The molecule has 0 saturated carbocycles. The van der Waals surface area contributed by atoms with Crippen molar-refractivity contribution in [3.05, 3.63) is 82.7 Å². The summed E-state index contributed by atoms with van der Waals surface area (Å²) in [4.78, 5) is -1.40. The molecule has 0 bridgehead atoms. The minimum absolute atomic E-state index is 0.193. The molecule has 0 atom stereocenters. The van der Waals surface area contributed by atoms with Crippen LogP contribution < -0.4 is 13.8 Å². The van der Waals surface area contributed by atoms with Crippen LogP contribution in [0.1, 0.15) is 11.1 Å². The smallest absolute Gasteiger partial charge is 0.268 e. The Morgan fingerprint density at radius 3 is 1.97 bits per heavy atom. The summed E-state index contributed by atoms with van der Waals surface area (Å²) in [6, 6.07) is 9.16. The SMILES string of the molecule is COc1ccc(CN(c2ccc(OC)c(F)c2)S(=O)(=O)c2c(C)c(F)c(F)c(F)c2F)cc1. The van der Waals surface area contributed by atoms with Crippen molar-refractivity contribution in [3.63, 3.8) is 0 Å². The molecule has 0 aliphatic carbocycles. The highest BCUT2D eigenvalue weighted by molar-refractivity contribution is 7.92. The minimum atomic E-state index is -5.05. The maximum atomic E-state index is 14.6. The largest absolute Gasteiger partial charge is 0.497 e. The van der Waals surface area contributed by atoms with E-state index in [1.807, 2.05) is 0 Å². The molecule has 3 rings (SSSR count). The highest BCUT2D eigenvalue weighted by atomic mass is 32.2. The maximum absolute atomic E-state index is 14.6. The first kappa shape index (κ1) is 24.3. The van der Waals surface area contributed by atoms with E-state index in [1.54, 1.807) is 0 Å². The minimum Gasteiger partial charge on any atom is -0.497 e. The molecule has 11 heteroatoms. The Hall–Kier alpha value is -3.34. The summed E-state index contributed by atoms with van der Waals surface area (Å²) in [6.45, 7) is 0.325. The molecule has 0 heterocycles. The Morgan fingerprint density at radius 2 is 1.42 bits per heavy atom. The van der Waals surface area contributed by atoms with Gasteiger partial charge < -0.3 is 9.47 Å². The van der Waals surface area contributed by atoms with Crippen LogP contribution in [0.2, 0.25) is 0 Å². The van der Waals surface area contributed by atoms with Crippen LogP contribution in [0.3, 0.4) is 0 Å². The number of benzene rings is 3. The van der Waals surface area contributed by atoms with Gasteiger partial charge in [-0.1, -0.05) is 12.1 Å². The summed E-state index contributed by atoms with van der Waals surface area (Å²) in [5, 5.41) is 0. The van der Waals surface area contributed by atoms with Gasteiger partial charge in [-0.15, -0.1) is 0 Å². The van der Waals surface area contributed by atoms with Gasteiger partial charge in [0, 0.05) is 11.6 Å². The standard InChI is InChI=1S/C22H18F5NO4S/c1-12-18(24)19(25)20(26)21(27)22(12)33(29,30)28(11-13-4-7-15(31-2)8-5-13)14-6-9-17(32-3)16(23)10-14/h4-10H,11H2,1-3H3. The van der Waals surface area contributed by atoms with Crippen molar-refractivity contribution >= 4 is 15.7 Å². The first-order valence-corrected chi connectivity index (χ1v) is 10.8. The van der Waals surface area contributed by atoms with Gasteiger partial charge in [-0.25, -0.2) is 30.4 Å². The van der Waals surface area contributed by atoms with Gasteiger partial charge in [0.15, 0.2) is 34.8 Å². The number of hydrogen-bond acceptors (Lipinski definition) is 4. The summed E-state index contributed by atoms with van der Waals surface area (Å²) in [5.74, 6) is -9.00. The molecule has 0 aliphatic rings. The lowest BCUT2D eigenvalue weighted by Crippen LogP contribution is -2.32. The summed E-state index contributed by atoms with van der Waals surface area (Å²) in [5.41, 5.74) is -0.884. The van der Waals surface area contributed by atoms with Gasteiger partial charge in [-0.2, -0.15) is 0 Å². The number of sulfonamides is 1. The van der Waals surface area contributed by atoms with Crippen molar-refractivity contribution in [1.82, 2.24) is 0 Å². The van der Waals surface area contributed by atoms with Crippen molar-refractivity contribution < 1.29 is 39.8 Å². The Kier molecular flexibility index (Phi) is 6.82. The summed E-state index contributed by atoms with van der Waals surface area (Å²) in [6.07, 6.45) is 0. The van der Waals surface area contributed by atoms with E-state index in [1.165, 1.54) is 44.6 Å². The molecule has 0 spiro atoms. The molecule has 0 aromatic heterocycles. The van der Waals surface area contributed by atoms with Gasteiger partial charge in [0.05, 0.1) is 26.5 Å². The van der Waals surface area contributed by atoms with Crippen LogP contribution in [0.4, 0.5) is 27.6 Å². The number of ether oxygens (including phenoxy) is 2. The van der Waals surface area contributed by atoms with Crippen molar-refractivity contribution in [3.8, 4) is 11.5 Å². The van der Waals surface area contributed by atoms with E-state index >= 15 is 0 Å². The molecule has 0 N–H and O–H groups in total. The van der Waals surface area contributed by atoms with E-state index in [9.17, 15) is 30.4 Å². The van der Waals surface area contributed by atoms with Crippen molar-refractivity contribution in [2.24, 2.45) is 0 Å². The van der Waals surface area contributed by atoms with Gasteiger partial charge >= 0.3 is 0 Å². The van der Waals surface area contributed by atoms with Crippen molar-refractivity contribution in [2.45, 2.75) is 18.4 Å². The molecular weight excluding hydrogens is 469 g/mol. The van der Waals surface area contributed by atoms with E-state index in [4.69, 9.17) is 9.47 Å². The predicted molar refractivity (Wildman–Crippen MR) is 110 cm³/mol. The predicted octanol–water partition coefficient (Wildman–Crippen LogP) is 5.10. The first-order chi connectivity index (χ1) is 15.5. The van der Waals surface area contributed by atoms with Crippen LogP contribution in [0.5, 0.6) is 11.5 Å². The van der Waals surface area contributed by atoms with Gasteiger partial charge in [-0.3, -0.25) is 4.31 Å². The third-order valence-corrected chi connectivity index (χ3v) is 6.83. The second-order valence-corrected chi connectivity index (χ2v) is 8.69. The summed E-state index contributed by atoms with van der Waals surface area (Å²) < 4.78 is 108. The van der Waals surface area contributed by atoms with Crippen molar-refractivity contribution in [2.75, 3.05) is 18.5 Å². The topological polar surface area (TPSA) is 55.8 Å². The lowest BCUT2D eigenvalue weighted by atomic mass is 10.2. The van der Waals surface area contributed by atoms with Crippen molar-refractivity contribution in [1.29, 1.82) is 0 Å². The Balaban J connectivity index is 2.23. The fourth-order valence-electron chi connectivity index (χ4n) is 3.16. The van der Waals surface area contributed by atoms with E-state index in [0.717, 1.165) is 19.1 Å². The average molecular weight is 487 g/mol. The van der Waals surface area contributed by atoms with Crippen LogP contribution in [0.25, 0.3) is 0 Å². The molecular formula is C22H18F5NO4S. The molecule has 0 unspecified atom stereocenters. The first-order valence-electron chi connectivity index (χ1n) is 9.34. The number of nitrogens with zero attached hydrogens (tertiary/aromatic N) is 1. The monoisotopic (exact) mass is 487 g/mol. The normalized spacial score (nSPS) is 11.4. The quantitative estimate of drug-likeness (QED) is 0.264. The van der Waals surface area contributed by atoms with Crippen LogP contribution in [-0.4, -0.2) is 22.6 Å². The van der Waals surface area contributed by atoms with Crippen LogP contribution >= 0.6 is 0 Å². The molecule has 0 amide bonds. The van der Waals surface area contributed by atoms with Gasteiger partial charge in [0.25, 0.3) is 10.0 Å². The lowest BCUT2D eigenvalue weighted by Gasteiger charge is -2.26. The summed E-state index contributed by atoms with van der Waals surface area (Å²) >= 11 is 0. The van der Waals surface area contributed by atoms with Gasteiger partial charge in [0.2, 0.25) is 0 Å². The second-order valence-electron chi connectivity index (χ2n) is 6.89. The van der Waals surface area contributed by atoms with E-state index < -0.39 is 56.1 Å². The Morgan fingerprint density at radius 1 is 0.818 bits per heavy atom. The fraction of sp³-hybridized carbons (Fsp3) is 0.182. The Bertz CT molecular complexity index is 1270.